The molecule has 2 rings (SSSR count). The SMILES string of the molecule is O=C1CN(C(=O)Nc2cc(Cl)ccc2Cl)CC(=O)N1. The van der Waals surface area contributed by atoms with Crippen molar-refractivity contribution in [1.29, 1.82) is 0 Å². The number of rotatable bonds is 1. The van der Waals surface area contributed by atoms with Gasteiger partial charge < -0.3 is 10.2 Å². The topological polar surface area (TPSA) is 78.5 Å². The van der Waals surface area contributed by atoms with Crippen LogP contribution >= 0.6 is 23.2 Å². The number of hydrogen-bond acceptors (Lipinski definition) is 3. The van der Waals surface area contributed by atoms with Gasteiger partial charge in [0, 0.05) is 5.02 Å². The molecule has 1 fully saturated rings. The number of piperazine rings is 1. The predicted molar refractivity (Wildman–Crippen MR) is 70.2 cm³/mol. The maximum Gasteiger partial charge on any atom is 0.322 e. The molecule has 1 aliphatic heterocycles. The number of halogens is 2. The lowest BCUT2D eigenvalue weighted by molar-refractivity contribution is -0.134. The molecular weight excluding hydrogens is 293 g/mol. The molecule has 1 aromatic carbocycles. The van der Waals surface area contributed by atoms with E-state index in [2.05, 4.69) is 10.6 Å². The molecule has 1 saturated heterocycles. The zero-order valence-electron chi connectivity index (χ0n) is 9.57. The Morgan fingerprint density at radius 3 is 2.47 bits per heavy atom. The second-order valence-corrected chi connectivity index (χ2v) is 4.73. The Balaban J connectivity index is 2.10. The van der Waals surface area contributed by atoms with Crippen LogP contribution in [0.15, 0.2) is 18.2 Å². The molecule has 0 saturated carbocycles. The maximum absolute atomic E-state index is 11.9. The van der Waals surface area contributed by atoms with E-state index in [0.717, 1.165) is 4.90 Å². The quantitative estimate of drug-likeness (QED) is 0.771. The van der Waals surface area contributed by atoms with Crippen LogP contribution in [0.3, 0.4) is 0 Å². The fourth-order valence-corrected chi connectivity index (χ4v) is 1.91. The van der Waals surface area contributed by atoms with Crippen molar-refractivity contribution in [3.8, 4) is 0 Å². The molecule has 0 atom stereocenters. The number of anilines is 1. The Bertz CT molecular complexity index is 546. The fraction of sp³-hybridized carbons (Fsp3) is 0.182. The lowest BCUT2D eigenvalue weighted by atomic mass is 10.3. The van der Waals surface area contributed by atoms with Crippen molar-refractivity contribution in [2.45, 2.75) is 0 Å². The van der Waals surface area contributed by atoms with Crippen LogP contribution in [0.25, 0.3) is 0 Å². The number of nitrogens with zero attached hydrogens (tertiary/aromatic N) is 1. The molecule has 6 nitrogen and oxygen atoms in total. The molecule has 0 bridgehead atoms. The minimum atomic E-state index is -0.590. The van der Waals surface area contributed by atoms with Gasteiger partial charge in [-0.3, -0.25) is 14.9 Å². The van der Waals surface area contributed by atoms with Gasteiger partial charge in [-0.15, -0.1) is 0 Å². The molecule has 1 aromatic rings. The molecule has 19 heavy (non-hydrogen) atoms. The summed E-state index contributed by atoms with van der Waals surface area (Å²) < 4.78 is 0. The highest BCUT2D eigenvalue weighted by molar-refractivity contribution is 6.35. The van der Waals surface area contributed by atoms with Gasteiger partial charge in [-0.2, -0.15) is 0 Å². The predicted octanol–water partition coefficient (Wildman–Crippen LogP) is 1.48. The standard InChI is InChI=1S/C11H9Cl2N3O3/c12-6-1-2-7(13)8(3-6)14-11(19)16-4-9(17)15-10(18)5-16/h1-3H,4-5H2,(H,14,19)(H,15,17,18). The summed E-state index contributed by atoms with van der Waals surface area (Å²) >= 11 is 11.7. The first-order valence-corrected chi connectivity index (χ1v) is 6.05. The molecule has 8 heteroatoms. The number of benzene rings is 1. The summed E-state index contributed by atoms with van der Waals surface area (Å²) in [5.41, 5.74) is 0.317. The highest BCUT2D eigenvalue weighted by Gasteiger charge is 2.26. The molecule has 0 unspecified atom stereocenters. The van der Waals surface area contributed by atoms with Crippen molar-refractivity contribution >= 4 is 46.7 Å². The summed E-state index contributed by atoms with van der Waals surface area (Å²) in [6.45, 7) is -0.370. The van der Waals surface area contributed by atoms with E-state index >= 15 is 0 Å². The summed E-state index contributed by atoms with van der Waals surface area (Å²) in [4.78, 5) is 35.3. The number of urea groups is 1. The zero-order valence-corrected chi connectivity index (χ0v) is 11.1. The third kappa shape index (κ3) is 3.36. The van der Waals surface area contributed by atoms with Crippen molar-refractivity contribution in [3.05, 3.63) is 28.2 Å². The monoisotopic (exact) mass is 301 g/mol. The van der Waals surface area contributed by atoms with Crippen molar-refractivity contribution < 1.29 is 14.4 Å². The highest BCUT2D eigenvalue weighted by atomic mass is 35.5. The molecule has 4 amide bonds. The molecule has 0 aromatic heterocycles. The van der Waals surface area contributed by atoms with Crippen LogP contribution in [0.1, 0.15) is 0 Å². The molecule has 0 radical (unpaired) electrons. The number of amides is 4. The highest BCUT2D eigenvalue weighted by Crippen LogP contribution is 2.25. The molecule has 2 N–H and O–H groups in total. The third-order valence-electron chi connectivity index (χ3n) is 2.40. The number of carbonyl (C=O) groups is 3. The first kappa shape index (κ1) is 13.6. The van der Waals surface area contributed by atoms with Crippen molar-refractivity contribution in [1.82, 2.24) is 10.2 Å². The largest absolute Gasteiger partial charge is 0.322 e. The zero-order chi connectivity index (χ0) is 14.0. The van der Waals surface area contributed by atoms with Gasteiger partial charge in [0.2, 0.25) is 11.8 Å². The average molecular weight is 302 g/mol. The van der Waals surface area contributed by atoms with Crippen molar-refractivity contribution in [3.63, 3.8) is 0 Å². The number of hydrogen-bond donors (Lipinski definition) is 2. The fourth-order valence-electron chi connectivity index (χ4n) is 1.57. The Morgan fingerprint density at radius 1 is 1.21 bits per heavy atom. The molecule has 0 aliphatic carbocycles. The van der Waals surface area contributed by atoms with E-state index < -0.39 is 17.8 Å². The van der Waals surface area contributed by atoms with Crippen LogP contribution in [0.2, 0.25) is 10.0 Å². The van der Waals surface area contributed by atoms with E-state index in [1.807, 2.05) is 0 Å². The first-order valence-electron chi connectivity index (χ1n) is 5.29. The minimum Gasteiger partial charge on any atom is -0.306 e. The second-order valence-electron chi connectivity index (χ2n) is 3.88. The van der Waals surface area contributed by atoms with E-state index in [0.29, 0.717) is 15.7 Å². The maximum atomic E-state index is 11.9. The summed E-state index contributed by atoms with van der Waals surface area (Å²) in [6, 6.07) is 4.01. The summed E-state index contributed by atoms with van der Waals surface area (Å²) in [6.07, 6.45) is 0. The molecule has 0 spiro atoms. The normalized spacial score (nSPS) is 15.2. The van der Waals surface area contributed by atoms with Gasteiger partial charge >= 0.3 is 6.03 Å². The number of nitrogens with one attached hydrogen (secondary N) is 2. The van der Waals surface area contributed by atoms with Crippen molar-refractivity contribution in [2.24, 2.45) is 0 Å². The Labute approximate surface area is 118 Å². The minimum absolute atomic E-state index is 0.185. The van der Waals surface area contributed by atoms with Crippen LogP contribution in [0, 0.1) is 0 Å². The van der Waals surface area contributed by atoms with E-state index in [-0.39, 0.29) is 13.1 Å². The lowest BCUT2D eigenvalue weighted by Crippen LogP contribution is -2.54. The molecule has 1 heterocycles. The third-order valence-corrected chi connectivity index (χ3v) is 2.97. The summed E-state index contributed by atoms with van der Waals surface area (Å²) in [5, 5.41) is 5.32. The summed E-state index contributed by atoms with van der Waals surface area (Å²) in [5.74, 6) is -1.05. The van der Waals surface area contributed by atoms with Crippen LogP contribution in [-0.4, -0.2) is 35.8 Å². The lowest BCUT2D eigenvalue weighted by Gasteiger charge is -2.25. The Kier molecular flexibility index (Phi) is 3.92. The smallest absolute Gasteiger partial charge is 0.306 e. The van der Waals surface area contributed by atoms with E-state index in [4.69, 9.17) is 23.2 Å². The van der Waals surface area contributed by atoms with Crippen LogP contribution in [0.4, 0.5) is 10.5 Å². The van der Waals surface area contributed by atoms with Crippen LogP contribution in [-0.2, 0) is 9.59 Å². The van der Waals surface area contributed by atoms with E-state index in [9.17, 15) is 14.4 Å². The Morgan fingerprint density at radius 2 is 1.84 bits per heavy atom. The average Bonchev–Trinajstić information content (AvgIpc) is 2.32. The molecular formula is C11H9Cl2N3O3. The molecule has 1 aliphatic rings. The summed E-state index contributed by atoms with van der Waals surface area (Å²) in [7, 11) is 0. The van der Waals surface area contributed by atoms with Gasteiger partial charge in [0.1, 0.15) is 13.1 Å². The number of carbonyl (C=O) groups excluding carboxylic acids is 3. The van der Waals surface area contributed by atoms with Gasteiger partial charge in [-0.05, 0) is 18.2 Å². The van der Waals surface area contributed by atoms with Gasteiger partial charge in [0.15, 0.2) is 0 Å². The van der Waals surface area contributed by atoms with E-state index in [1.165, 1.54) is 12.1 Å². The molecule has 100 valence electrons. The van der Waals surface area contributed by atoms with Gasteiger partial charge in [-0.1, -0.05) is 23.2 Å². The number of imide groups is 1. The first-order chi connectivity index (χ1) is 8.95. The van der Waals surface area contributed by atoms with Gasteiger partial charge in [0.05, 0.1) is 10.7 Å². The van der Waals surface area contributed by atoms with E-state index in [1.54, 1.807) is 6.07 Å². The van der Waals surface area contributed by atoms with Crippen LogP contribution < -0.4 is 10.6 Å². The van der Waals surface area contributed by atoms with Gasteiger partial charge in [0.25, 0.3) is 0 Å². The van der Waals surface area contributed by atoms with Gasteiger partial charge in [-0.25, -0.2) is 4.79 Å². The van der Waals surface area contributed by atoms with Crippen molar-refractivity contribution in [2.75, 3.05) is 18.4 Å². The Hall–Kier alpha value is -1.79. The van der Waals surface area contributed by atoms with Crippen LogP contribution in [0.5, 0.6) is 0 Å². The second kappa shape index (κ2) is 5.46.